The highest BCUT2D eigenvalue weighted by atomic mass is 16.7. The normalized spacial score (nSPS) is 11.6. The predicted octanol–water partition coefficient (Wildman–Crippen LogP) is 5.32. The lowest BCUT2D eigenvalue weighted by Gasteiger charge is -2.06. The lowest BCUT2D eigenvalue weighted by Crippen LogP contribution is -2.17. The van der Waals surface area contributed by atoms with E-state index >= 15 is 0 Å². The van der Waals surface area contributed by atoms with Gasteiger partial charge in [-0.15, -0.1) is 0 Å². The van der Waals surface area contributed by atoms with E-state index < -0.39 is 17.7 Å². The molecule has 0 spiro atoms. The summed E-state index contributed by atoms with van der Waals surface area (Å²) in [5.41, 5.74) is 3.97. The number of hydrogen-bond acceptors (Lipinski definition) is 6. The lowest BCUT2D eigenvalue weighted by atomic mass is 9.97. The summed E-state index contributed by atoms with van der Waals surface area (Å²) in [6, 6.07) is 18.1. The van der Waals surface area contributed by atoms with Crippen molar-refractivity contribution >= 4 is 51.0 Å². The van der Waals surface area contributed by atoms with Gasteiger partial charge in [0.2, 0.25) is 5.78 Å². The number of rotatable bonds is 9. The molecule has 0 unspecified atom stereocenters. The fourth-order valence-corrected chi connectivity index (χ4v) is 4.42. The van der Waals surface area contributed by atoms with Gasteiger partial charge >= 0.3 is 11.9 Å². The molecule has 0 aliphatic heterocycles. The van der Waals surface area contributed by atoms with Gasteiger partial charge in [0.25, 0.3) is 0 Å². The number of fused-ring (bicyclic) bond motifs is 3. The highest BCUT2D eigenvalue weighted by molar-refractivity contribution is 6.46. The number of carbonyl (C=O) groups is 4. The number of hydrogen-bond donors (Lipinski definition) is 1. The molecule has 0 saturated heterocycles. The van der Waals surface area contributed by atoms with Crippen molar-refractivity contribution in [2.24, 2.45) is 5.16 Å². The lowest BCUT2D eigenvalue weighted by molar-refractivity contribution is -0.141. The summed E-state index contributed by atoms with van der Waals surface area (Å²) in [6.07, 6.45) is -0.529. The van der Waals surface area contributed by atoms with E-state index in [1.807, 2.05) is 56.3 Å². The van der Waals surface area contributed by atoms with Crippen molar-refractivity contribution in [1.82, 2.24) is 4.57 Å². The second kappa shape index (κ2) is 10.6. The Morgan fingerprint density at radius 3 is 2.11 bits per heavy atom. The number of benzene rings is 3. The molecular formula is C29H26N2O6. The maximum absolute atomic E-state index is 13.3. The molecule has 0 aliphatic carbocycles. The van der Waals surface area contributed by atoms with E-state index in [1.165, 1.54) is 0 Å². The molecule has 0 bridgehead atoms. The highest BCUT2D eigenvalue weighted by Crippen LogP contribution is 2.32. The van der Waals surface area contributed by atoms with Crippen LogP contribution in [0.5, 0.6) is 0 Å². The van der Waals surface area contributed by atoms with Gasteiger partial charge in [0.15, 0.2) is 5.78 Å². The van der Waals surface area contributed by atoms with Crippen LogP contribution in [0.4, 0.5) is 0 Å². The monoisotopic (exact) mass is 498 g/mol. The molecule has 8 heteroatoms. The average Bonchev–Trinajstić information content (AvgIpc) is 3.20. The zero-order valence-electron chi connectivity index (χ0n) is 20.8. The summed E-state index contributed by atoms with van der Waals surface area (Å²) in [5, 5.41) is 14.3. The van der Waals surface area contributed by atoms with Crippen LogP contribution in [0.25, 0.3) is 21.8 Å². The quantitative estimate of drug-likeness (QED) is 0.145. The van der Waals surface area contributed by atoms with E-state index in [0.717, 1.165) is 34.3 Å². The average molecular weight is 499 g/mol. The fourth-order valence-electron chi connectivity index (χ4n) is 4.42. The minimum absolute atomic E-state index is 0.0888. The van der Waals surface area contributed by atoms with Gasteiger partial charge in [-0.05, 0) is 55.8 Å². The van der Waals surface area contributed by atoms with E-state index in [1.54, 1.807) is 18.2 Å². The number of carboxylic acids is 1. The molecule has 0 aliphatic rings. The van der Waals surface area contributed by atoms with Gasteiger partial charge in [-0.1, -0.05) is 29.4 Å². The maximum Gasteiger partial charge on any atom is 0.331 e. The van der Waals surface area contributed by atoms with Crippen LogP contribution in [0, 0.1) is 6.92 Å². The summed E-state index contributed by atoms with van der Waals surface area (Å²) >= 11 is 0. The third kappa shape index (κ3) is 5.18. The van der Waals surface area contributed by atoms with Crippen LogP contribution < -0.4 is 0 Å². The number of carboxylic acid groups (broad SMARTS) is 1. The van der Waals surface area contributed by atoms with E-state index in [2.05, 4.69) is 14.6 Å². The van der Waals surface area contributed by atoms with E-state index in [0.29, 0.717) is 17.7 Å². The predicted molar refractivity (Wildman–Crippen MR) is 140 cm³/mol. The van der Waals surface area contributed by atoms with Gasteiger partial charge in [0, 0.05) is 58.4 Å². The van der Waals surface area contributed by atoms with E-state index in [9.17, 15) is 19.2 Å². The Labute approximate surface area is 213 Å². The molecule has 188 valence electrons. The van der Waals surface area contributed by atoms with Crippen LogP contribution in [0.15, 0.2) is 65.8 Å². The second-order valence-corrected chi connectivity index (χ2v) is 8.70. The first-order chi connectivity index (χ1) is 17.7. The summed E-state index contributed by atoms with van der Waals surface area (Å²) in [7, 11) is 0. The molecule has 1 N–H and O–H groups in total. The van der Waals surface area contributed by atoms with Crippen LogP contribution in [-0.4, -0.2) is 38.9 Å². The third-order valence-electron chi connectivity index (χ3n) is 6.22. The van der Waals surface area contributed by atoms with Crippen molar-refractivity contribution in [3.63, 3.8) is 0 Å². The molecule has 4 rings (SSSR count). The molecule has 0 radical (unpaired) electrons. The molecular weight excluding hydrogens is 472 g/mol. The van der Waals surface area contributed by atoms with Crippen LogP contribution in [-0.2, 0) is 21.0 Å². The van der Waals surface area contributed by atoms with Crippen LogP contribution in [0.3, 0.4) is 0 Å². The molecule has 1 heterocycles. The van der Waals surface area contributed by atoms with Crippen molar-refractivity contribution < 1.29 is 29.1 Å². The molecule has 8 nitrogen and oxygen atoms in total. The van der Waals surface area contributed by atoms with Crippen LogP contribution >= 0.6 is 0 Å². The summed E-state index contributed by atoms with van der Waals surface area (Å²) in [6.45, 7) is 5.73. The van der Waals surface area contributed by atoms with E-state index in [-0.39, 0.29) is 29.9 Å². The first-order valence-corrected chi connectivity index (χ1v) is 11.9. The van der Waals surface area contributed by atoms with Gasteiger partial charge in [-0.2, -0.15) is 0 Å². The first-order valence-electron chi connectivity index (χ1n) is 11.9. The Morgan fingerprint density at radius 2 is 1.51 bits per heavy atom. The van der Waals surface area contributed by atoms with Crippen molar-refractivity contribution in [1.29, 1.82) is 0 Å². The molecule has 3 aromatic carbocycles. The number of nitrogens with zero attached hydrogens (tertiary/aromatic N) is 2. The number of Topliss-reactive ketones (excluding diaryl/α,β-unsaturated/α-hetero) is 1. The number of ketones is 2. The molecule has 0 fully saturated rings. The SMILES string of the molecule is CCn1c2ccc(C(=O)C(CCC(=O)O)=NOC(C)=O)cc2c2cc(C(=O)c3ccccc3C)ccc21. The third-order valence-corrected chi connectivity index (χ3v) is 6.22. The highest BCUT2D eigenvalue weighted by Gasteiger charge is 2.20. The molecule has 0 saturated carbocycles. The first kappa shape index (κ1) is 25.5. The number of oxime groups is 1. The Hall–Kier alpha value is -4.59. The zero-order valence-corrected chi connectivity index (χ0v) is 20.8. The largest absolute Gasteiger partial charge is 0.481 e. The zero-order chi connectivity index (χ0) is 26.7. The summed E-state index contributed by atoms with van der Waals surface area (Å²) in [4.78, 5) is 53.5. The van der Waals surface area contributed by atoms with Crippen LogP contribution in [0.2, 0.25) is 0 Å². The molecule has 1 aromatic heterocycles. The van der Waals surface area contributed by atoms with Crippen molar-refractivity contribution in [2.75, 3.05) is 0 Å². The van der Waals surface area contributed by atoms with Gasteiger partial charge in [-0.25, -0.2) is 4.79 Å². The van der Waals surface area contributed by atoms with E-state index in [4.69, 9.17) is 5.11 Å². The van der Waals surface area contributed by atoms with Gasteiger partial charge in [0.1, 0.15) is 5.71 Å². The fraction of sp³-hybridized carbons (Fsp3) is 0.207. The van der Waals surface area contributed by atoms with Crippen LogP contribution in [0.1, 0.15) is 58.5 Å². The standard InChI is InChI=1S/C29H26N2O6/c1-4-31-25-12-9-19(28(35)21-8-6-5-7-17(21)2)15-22(25)23-16-20(10-13-26(23)31)29(36)24(11-14-27(33)34)30-37-18(3)32/h5-10,12-13,15-16H,4,11,14H2,1-3H3,(H,33,34). The minimum atomic E-state index is -1.10. The smallest absolute Gasteiger partial charge is 0.331 e. The summed E-state index contributed by atoms with van der Waals surface area (Å²) in [5.74, 6) is -2.44. The molecule has 4 aromatic rings. The molecule has 0 amide bonds. The Balaban J connectivity index is 1.83. The molecule has 37 heavy (non-hydrogen) atoms. The number of aliphatic carboxylic acids is 1. The van der Waals surface area contributed by atoms with Crippen molar-refractivity contribution in [2.45, 2.75) is 40.2 Å². The Kier molecular flexibility index (Phi) is 7.29. The summed E-state index contributed by atoms with van der Waals surface area (Å²) < 4.78 is 2.10. The van der Waals surface area contributed by atoms with Gasteiger partial charge < -0.3 is 14.5 Å². The minimum Gasteiger partial charge on any atom is -0.481 e. The maximum atomic E-state index is 13.3. The number of carbonyl (C=O) groups excluding carboxylic acids is 3. The molecule has 0 atom stereocenters. The number of aromatic nitrogens is 1. The topological polar surface area (TPSA) is 115 Å². The van der Waals surface area contributed by atoms with Crippen molar-refractivity contribution in [3.05, 3.63) is 82.9 Å². The van der Waals surface area contributed by atoms with Gasteiger partial charge in [0.05, 0.1) is 6.42 Å². The number of aryl methyl sites for hydroxylation is 2. The Bertz CT molecular complexity index is 1600. The van der Waals surface area contributed by atoms with Crippen molar-refractivity contribution in [3.8, 4) is 0 Å². The second-order valence-electron chi connectivity index (χ2n) is 8.70. The Morgan fingerprint density at radius 1 is 0.892 bits per heavy atom. The van der Waals surface area contributed by atoms with Gasteiger partial charge in [-0.3, -0.25) is 14.4 Å².